The van der Waals surface area contributed by atoms with Crippen LogP contribution in [0.1, 0.15) is 35.9 Å². The summed E-state index contributed by atoms with van der Waals surface area (Å²) in [5.41, 5.74) is 2.43. The summed E-state index contributed by atoms with van der Waals surface area (Å²) in [5, 5.41) is 25.1. The zero-order valence-corrected chi connectivity index (χ0v) is 32.7. The lowest BCUT2D eigenvalue weighted by Gasteiger charge is -2.24. The van der Waals surface area contributed by atoms with Crippen LogP contribution in [0.3, 0.4) is 0 Å². The number of alkyl halides is 9. The Morgan fingerprint density at radius 1 is 0.833 bits per heavy atom. The van der Waals surface area contributed by atoms with Crippen molar-refractivity contribution >= 4 is 67.2 Å². The molecular formula is C34H31F9N6O8S3. The number of hydrogen-bond acceptors (Lipinski definition) is 11. The van der Waals surface area contributed by atoms with Crippen LogP contribution in [-0.4, -0.2) is 105 Å². The maximum atomic E-state index is 13.7. The number of halogens is 9. The summed E-state index contributed by atoms with van der Waals surface area (Å²) in [6.45, 7) is 3.31. The molecule has 1 aliphatic carbocycles. The molecule has 1 saturated carbocycles. The van der Waals surface area contributed by atoms with Gasteiger partial charge >= 0.3 is 36.4 Å². The average molecular weight is 919 g/mol. The number of carbonyl (C=O) groups is 3. The third-order valence-corrected chi connectivity index (χ3v) is 12.3. The summed E-state index contributed by atoms with van der Waals surface area (Å²) >= 11 is 2.94. The molecule has 0 amide bonds. The van der Waals surface area contributed by atoms with Gasteiger partial charge in [-0.25, -0.2) is 37.8 Å². The highest BCUT2D eigenvalue weighted by Gasteiger charge is 2.40. The monoisotopic (exact) mass is 918 g/mol. The molecule has 0 bridgehead atoms. The van der Waals surface area contributed by atoms with Crippen molar-refractivity contribution in [3.63, 3.8) is 0 Å². The second kappa shape index (κ2) is 19.4. The molecule has 1 aliphatic heterocycles. The molecule has 1 saturated heterocycles. The number of carboxylic acids is 3. The van der Waals surface area contributed by atoms with E-state index in [0.29, 0.717) is 28.3 Å². The Kier molecular flexibility index (Phi) is 15.3. The molecule has 14 nitrogen and oxygen atoms in total. The molecule has 5 aromatic rings. The minimum absolute atomic E-state index is 0.370. The van der Waals surface area contributed by atoms with Crippen LogP contribution in [0, 0.1) is 5.92 Å². The summed E-state index contributed by atoms with van der Waals surface area (Å²) < 4.78 is 125. The van der Waals surface area contributed by atoms with E-state index in [9.17, 15) is 47.9 Å². The van der Waals surface area contributed by atoms with Crippen molar-refractivity contribution in [1.82, 2.24) is 24.8 Å². The minimum Gasteiger partial charge on any atom is -0.475 e. The molecule has 60 heavy (non-hydrogen) atoms. The van der Waals surface area contributed by atoms with Gasteiger partial charge in [-0.1, -0.05) is 18.2 Å². The number of hydrogen-bond donors (Lipinski definition) is 4. The van der Waals surface area contributed by atoms with Crippen LogP contribution >= 0.6 is 22.7 Å². The number of likely N-dealkylation sites (tertiary alicyclic amines) is 1. The standard InChI is InChI=1S/C28H28N6O2S3.3C2HF3O2/c35-39(36,25-6-2-13-37-25)34(16-19-7-8-19)24-5-1-4-20-14-23(32-26(20)24)28-31-15-22(38-28)18-33-12-9-21(17-33)27-29-10-3-11-30-27;3*3-2(4,5)1(6)7/h1-6,10-11,13-15,19,21,32H,7-9,12,16-18H2;3*(H,6,7). The molecule has 5 heterocycles. The Balaban J connectivity index is 0.000000313. The predicted molar refractivity (Wildman–Crippen MR) is 197 cm³/mol. The molecule has 326 valence electrons. The molecule has 0 radical (unpaired) electrons. The Morgan fingerprint density at radius 3 is 1.93 bits per heavy atom. The van der Waals surface area contributed by atoms with Gasteiger partial charge in [-0.3, -0.25) is 9.21 Å². The first kappa shape index (κ1) is 47.3. The highest BCUT2D eigenvalue weighted by atomic mass is 32.2. The number of aromatic amines is 1. The molecule has 0 spiro atoms. The quantitative estimate of drug-likeness (QED) is 0.105. The number of sulfonamides is 1. The van der Waals surface area contributed by atoms with Crippen LogP contribution in [0.4, 0.5) is 45.2 Å². The van der Waals surface area contributed by atoms with Crippen LogP contribution in [0.25, 0.3) is 21.6 Å². The maximum Gasteiger partial charge on any atom is 0.490 e. The first-order chi connectivity index (χ1) is 27.9. The van der Waals surface area contributed by atoms with E-state index in [0.717, 1.165) is 66.3 Å². The van der Waals surface area contributed by atoms with Crippen molar-refractivity contribution in [2.45, 2.75) is 54.5 Å². The van der Waals surface area contributed by atoms with Crippen molar-refractivity contribution in [2.75, 3.05) is 23.9 Å². The molecule has 1 atom stereocenters. The largest absolute Gasteiger partial charge is 0.490 e. The van der Waals surface area contributed by atoms with Crippen molar-refractivity contribution < 1.29 is 77.6 Å². The summed E-state index contributed by atoms with van der Waals surface area (Å²) in [4.78, 5) is 47.5. The van der Waals surface area contributed by atoms with Crippen LogP contribution in [0.2, 0.25) is 0 Å². The normalized spacial score (nSPS) is 15.8. The van der Waals surface area contributed by atoms with Crippen LogP contribution in [0.15, 0.2) is 70.6 Å². The number of benzene rings is 1. The van der Waals surface area contributed by atoms with Gasteiger partial charge in [0, 0.05) is 54.4 Å². The molecule has 7 rings (SSSR count). The molecule has 2 aliphatic rings. The number of fused-ring (bicyclic) bond motifs is 1. The van der Waals surface area contributed by atoms with E-state index in [1.54, 1.807) is 27.8 Å². The van der Waals surface area contributed by atoms with Crippen molar-refractivity contribution in [3.05, 3.63) is 77.1 Å². The number of H-pyrrole nitrogens is 1. The Hall–Kier alpha value is -5.34. The number of para-hydroxylation sites is 1. The molecule has 4 N–H and O–H groups in total. The van der Waals surface area contributed by atoms with Crippen molar-refractivity contribution in [1.29, 1.82) is 0 Å². The highest BCUT2D eigenvalue weighted by Crippen LogP contribution is 2.39. The highest BCUT2D eigenvalue weighted by molar-refractivity contribution is 7.94. The van der Waals surface area contributed by atoms with Crippen molar-refractivity contribution in [2.24, 2.45) is 5.92 Å². The number of nitrogens with zero attached hydrogens (tertiary/aromatic N) is 5. The predicted octanol–water partition coefficient (Wildman–Crippen LogP) is 7.64. The van der Waals surface area contributed by atoms with Crippen molar-refractivity contribution in [3.8, 4) is 10.7 Å². The fourth-order valence-electron chi connectivity index (χ4n) is 5.28. The number of anilines is 1. The Morgan fingerprint density at radius 2 is 1.42 bits per heavy atom. The van der Waals surface area contributed by atoms with Gasteiger partial charge in [0.25, 0.3) is 10.0 Å². The smallest absolute Gasteiger partial charge is 0.475 e. The van der Waals surface area contributed by atoms with E-state index in [1.165, 1.54) is 16.2 Å². The summed E-state index contributed by atoms with van der Waals surface area (Å²) in [6, 6.07) is 13.3. The van der Waals surface area contributed by atoms with Gasteiger partial charge in [0.15, 0.2) is 0 Å². The number of thiazole rings is 1. The van der Waals surface area contributed by atoms with Crippen LogP contribution in [-0.2, 0) is 31.0 Å². The minimum atomic E-state index is -5.08. The first-order valence-electron chi connectivity index (χ1n) is 16.9. The van der Waals surface area contributed by atoms with Gasteiger partial charge in [-0.05, 0) is 61.4 Å². The molecule has 4 aromatic heterocycles. The number of aromatic nitrogens is 4. The molecule has 2 fully saturated rings. The number of thiophene rings is 1. The van der Waals surface area contributed by atoms with E-state index >= 15 is 0 Å². The van der Waals surface area contributed by atoms with E-state index in [-0.39, 0.29) is 0 Å². The van der Waals surface area contributed by atoms with E-state index < -0.39 is 46.5 Å². The van der Waals surface area contributed by atoms with E-state index in [4.69, 9.17) is 34.7 Å². The zero-order valence-electron chi connectivity index (χ0n) is 30.2. The topological polar surface area (TPSA) is 207 Å². The SMILES string of the molecule is O=C(O)C(F)(F)F.O=C(O)C(F)(F)F.O=C(O)C(F)(F)F.O=S(=O)(c1cccs1)N(CC1CC1)c1cccc2cc(-c3ncc(CN4CCC(c5ncccn5)C4)s3)[nH]c12. The Bertz CT molecular complexity index is 2280. The van der Waals surface area contributed by atoms with Gasteiger partial charge in [0.2, 0.25) is 0 Å². The van der Waals surface area contributed by atoms with Gasteiger partial charge in [0.05, 0.1) is 16.9 Å². The molecule has 1 unspecified atom stereocenters. The number of nitrogens with one attached hydrogen (secondary N) is 1. The van der Waals surface area contributed by atoms with Crippen LogP contribution < -0.4 is 4.31 Å². The van der Waals surface area contributed by atoms with Gasteiger partial charge in [-0.15, -0.1) is 22.7 Å². The number of aliphatic carboxylic acids is 3. The lowest BCUT2D eigenvalue weighted by Crippen LogP contribution is -2.32. The third kappa shape index (κ3) is 13.3. The maximum absolute atomic E-state index is 13.7. The fourth-order valence-corrected chi connectivity index (χ4v) is 8.86. The lowest BCUT2D eigenvalue weighted by atomic mass is 10.1. The van der Waals surface area contributed by atoms with Gasteiger partial charge in [-0.2, -0.15) is 39.5 Å². The third-order valence-electron chi connectivity index (χ3n) is 8.18. The molecule has 26 heteroatoms. The number of carboxylic acid groups (broad SMARTS) is 3. The summed E-state index contributed by atoms with van der Waals surface area (Å²) in [6.07, 6.45) is -6.46. The molecular weight excluding hydrogens is 888 g/mol. The Labute approximate surface area is 341 Å². The number of rotatable bonds is 9. The lowest BCUT2D eigenvalue weighted by molar-refractivity contribution is -0.193. The van der Waals surface area contributed by atoms with E-state index in [1.807, 2.05) is 48.2 Å². The summed E-state index contributed by atoms with van der Waals surface area (Å²) in [5.74, 6) is -6.57. The zero-order chi connectivity index (χ0) is 44.6. The van der Waals surface area contributed by atoms with Gasteiger partial charge in [0.1, 0.15) is 15.0 Å². The first-order valence-corrected chi connectivity index (χ1v) is 20.0. The second-order valence-corrected chi connectivity index (χ2v) is 16.9. The second-order valence-electron chi connectivity index (χ2n) is 12.7. The molecule has 1 aromatic carbocycles. The van der Waals surface area contributed by atoms with Crippen LogP contribution in [0.5, 0.6) is 0 Å². The summed E-state index contributed by atoms with van der Waals surface area (Å²) in [7, 11) is -3.64. The van der Waals surface area contributed by atoms with E-state index in [2.05, 4.69) is 25.9 Å². The van der Waals surface area contributed by atoms with Gasteiger partial charge < -0.3 is 20.3 Å². The fraction of sp³-hybridized carbons (Fsp3) is 0.353. The average Bonchev–Trinajstić information content (AvgIpc) is 3.66.